The molecule has 1 atom stereocenters. The molecule has 2 heterocycles. The Morgan fingerprint density at radius 1 is 1.77 bits per heavy atom. The first-order valence-electron chi connectivity index (χ1n) is 3.73. The number of β-lactam (4-membered cyclic amide) rings is 1. The second-order valence-corrected chi connectivity index (χ2v) is 2.67. The highest BCUT2D eigenvalue weighted by Gasteiger charge is 2.42. The third kappa shape index (κ3) is 1.25. The first-order valence-corrected chi connectivity index (χ1v) is 3.73. The van der Waals surface area contributed by atoms with Crippen LogP contribution in [0.4, 0.5) is 4.79 Å². The van der Waals surface area contributed by atoms with Crippen LogP contribution in [-0.4, -0.2) is 34.9 Å². The van der Waals surface area contributed by atoms with Crippen LogP contribution >= 0.6 is 0 Å². The first kappa shape index (κ1) is 8.06. The molecule has 1 fully saturated rings. The highest BCUT2D eigenvalue weighted by molar-refractivity contribution is 5.84. The van der Waals surface area contributed by atoms with Crippen molar-refractivity contribution in [1.82, 2.24) is 4.90 Å². The number of nitrogens with zero attached hydrogens (tertiary/aromatic N) is 1. The van der Waals surface area contributed by atoms with Crippen molar-refractivity contribution in [3.63, 3.8) is 0 Å². The minimum Gasteiger partial charge on any atom is -0.449 e. The largest absolute Gasteiger partial charge is 0.512 e. The molecule has 2 aliphatic rings. The summed E-state index contributed by atoms with van der Waals surface area (Å²) < 4.78 is 9.51. The predicted molar refractivity (Wildman–Crippen MR) is 38.4 cm³/mol. The smallest absolute Gasteiger partial charge is 0.449 e. The molecular weight excluding hydrogens is 178 g/mol. The van der Waals surface area contributed by atoms with E-state index in [1.807, 2.05) is 0 Å². The van der Waals surface area contributed by atoms with E-state index in [-0.39, 0.29) is 24.6 Å². The van der Waals surface area contributed by atoms with Crippen LogP contribution in [0.25, 0.3) is 0 Å². The van der Waals surface area contributed by atoms with Gasteiger partial charge in [-0.2, -0.15) is 0 Å². The monoisotopic (exact) mass is 185 g/mol. The number of hydrogen-bond acceptors (Lipinski definition) is 4. The van der Waals surface area contributed by atoms with Gasteiger partial charge in [-0.25, -0.2) is 4.79 Å². The van der Waals surface area contributed by atoms with Gasteiger partial charge in [-0.15, -0.1) is 0 Å². The molecule has 0 spiro atoms. The quantitative estimate of drug-likeness (QED) is 0.463. The van der Waals surface area contributed by atoms with Gasteiger partial charge in [-0.1, -0.05) is 0 Å². The zero-order chi connectivity index (χ0) is 9.42. The topological polar surface area (TPSA) is 76.1 Å². The van der Waals surface area contributed by atoms with Gasteiger partial charge in [-0.3, -0.25) is 9.69 Å². The van der Waals surface area contributed by atoms with Crippen molar-refractivity contribution in [3.05, 3.63) is 12.0 Å². The lowest BCUT2D eigenvalue weighted by Crippen LogP contribution is -2.55. The maximum Gasteiger partial charge on any atom is 0.512 e. The number of carboxylic acid groups (broad SMARTS) is 1. The van der Waals surface area contributed by atoms with Crippen LogP contribution < -0.4 is 0 Å². The lowest BCUT2D eigenvalue weighted by atomic mass is 10.1. The summed E-state index contributed by atoms with van der Waals surface area (Å²) in [5.41, 5.74) is 0. The Hall–Kier alpha value is -1.56. The van der Waals surface area contributed by atoms with Crippen LogP contribution in [-0.2, 0) is 14.3 Å². The summed E-state index contributed by atoms with van der Waals surface area (Å²) in [4.78, 5) is 22.4. The van der Waals surface area contributed by atoms with Gasteiger partial charge in [0.25, 0.3) is 0 Å². The maximum atomic E-state index is 11.0. The molecule has 1 N–H and O–H groups in total. The molecule has 1 saturated heterocycles. The normalized spacial score (nSPS) is 25.8. The van der Waals surface area contributed by atoms with Gasteiger partial charge in [0.05, 0.1) is 13.0 Å². The Morgan fingerprint density at radius 2 is 2.54 bits per heavy atom. The van der Waals surface area contributed by atoms with Crippen molar-refractivity contribution < 1.29 is 24.2 Å². The highest BCUT2D eigenvalue weighted by Crippen LogP contribution is 2.29. The fourth-order valence-corrected chi connectivity index (χ4v) is 1.29. The molecular formula is C7H7NO5. The molecule has 0 radical (unpaired) electrons. The predicted octanol–water partition coefficient (Wildman–Crippen LogP) is 0.111. The molecule has 0 unspecified atom stereocenters. The van der Waals surface area contributed by atoms with Gasteiger partial charge >= 0.3 is 6.16 Å². The lowest BCUT2D eigenvalue weighted by Gasteiger charge is -2.41. The van der Waals surface area contributed by atoms with Crippen molar-refractivity contribution in [1.29, 1.82) is 0 Å². The second-order valence-electron chi connectivity index (χ2n) is 2.67. The molecule has 0 aliphatic carbocycles. The van der Waals surface area contributed by atoms with E-state index in [2.05, 4.69) is 4.74 Å². The van der Waals surface area contributed by atoms with E-state index in [4.69, 9.17) is 9.84 Å². The molecule has 13 heavy (non-hydrogen) atoms. The molecule has 0 aromatic heterocycles. The minimum absolute atomic E-state index is 0.0556. The van der Waals surface area contributed by atoms with Crippen LogP contribution in [0.15, 0.2) is 12.0 Å². The summed E-state index contributed by atoms with van der Waals surface area (Å²) in [6.45, 7) is 0.275. The van der Waals surface area contributed by atoms with Gasteiger partial charge in [-0.05, 0) is 0 Å². The summed E-state index contributed by atoms with van der Waals surface area (Å²) >= 11 is 0. The van der Waals surface area contributed by atoms with E-state index in [9.17, 15) is 9.59 Å². The average molecular weight is 185 g/mol. The van der Waals surface area contributed by atoms with Gasteiger partial charge < -0.3 is 14.6 Å². The van der Waals surface area contributed by atoms with Gasteiger partial charge in [0.2, 0.25) is 11.8 Å². The Kier molecular flexibility index (Phi) is 1.70. The van der Waals surface area contributed by atoms with Crippen LogP contribution in [0, 0.1) is 0 Å². The van der Waals surface area contributed by atoms with Crippen LogP contribution in [0.3, 0.4) is 0 Å². The SMILES string of the molecule is O=C(O)OC1=CCO[C@H]2CC(=O)N12. The zero-order valence-corrected chi connectivity index (χ0v) is 6.60. The third-order valence-corrected chi connectivity index (χ3v) is 1.88. The Labute approximate surface area is 73.3 Å². The molecule has 0 bridgehead atoms. The summed E-state index contributed by atoms with van der Waals surface area (Å²) in [7, 11) is 0. The number of ether oxygens (including phenoxy) is 2. The fourth-order valence-electron chi connectivity index (χ4n) is 1.29. The van der Waals surface area contributed by atoms with Crippen molar-refractivity contribution >= 4 is 12.1 Å². The Morgan fingerprint density at radius 3 is 3.15 bits per heavy atom. The number of carbonyl (C=O) groups excluding carboxylic acids is 1. The number of amides is 1. The van der Waals surface area contributed by atoms with Crippen molar-refractivity contribution in [2.75, 3.05) is 6.61 Å². The van der Waals surface area contributed by atoms with E-state index in [1.54, 1.807) is 0 Å². The van der Waals surface area contributed by atoms with E-state index in [0.717, 1.165) is 0 Å². The molecule has 6 heteroatoms. The van der Waals surface area contributed by atoms with E-state index in [1.165, 1.54) is 11.0 Å². The number of fused-ring (bicyclic) bond motifs is 1. The number of rotatable bonds is 1. The first-order chi connectivity index (χ1) is 6.18. The molecule has 2 aliphatic heterocycles. The van der Waals surface area contributed by atoms with Gasteiger partial charge in [0.1, 0.15) is 6.23 Å². The van der Waals surface area contributed by atoms with Crippen molar-refractivity contribution in [2.45, 2.75) is 12.6 Å². The molecule has 0 saturated carbocycles. The number of carbonyl (C=O) groups is 2. The zero-order valence-electron chi connectivity index (χ0n) is 6.60. The summed E-state index contributed by atoms with van der Waals surface area (Å²) in [5.74, 6) is -0.128. The minimum atomic E-state index is -1.42. The summed E-state index contributed by atoms with van der Waals surface area (Å²) in [6.07, 6.45) is -0.0550. The standard InChI is InChI=1S/C7H7NO5/c9-4-3-6-8(4)5(1-2-12-6)13-7(10)11/h1,6H,2-3H2,(H,10,11)/t6-/m0/s1. The highest BCUT2D eigenvalue weighted by atomic mass is 16.7. The third-order valence-electron chi connectivity index (χ3n) is 1.88. The Balaban J connectivity index is 2.12. The molecule has 6 nitrogen and oxygen atoms in total. The summed E-state index contributed by atoms with van der Waals surface area (Å²) in [5, 5.41) is 8.34. The van der Waals surface area contributed by atoms with Crippen molar-refractivity contribution in [2.24, 2.45) is 0 Å². The van der Waals surface area contributed by atoms with E-state index >= 15 is 0 Å². The molecule has 2 rings (SSSR count). The molecule has 70 valence electrons. The van der Waals surface area contributed by atoms with Gasteiger partial charge in [0, 0.05) is 6.08 Å². The average Bonchev–Trinajstić information content (AvgIpc) is 2.00. The fraction of sp³-hybridized carbons (Fsp3) is 0.429. The second kappa shape index (κ2) is 2.74. The molecule has 0 aromatic rings. The van der Waals surface area contributed by atoms with E-state index < -0.39 is 6.16 Å². The Bertz CT molecular complexity index is 297. The van der Waals surface area contributed by atoms with Crippen LogP contribution in [0.2, 0.25) is 0 Å². The lowest BCUT2D eigenvalue weighted by molar-refractivity contribution is -0.176. The van der Waals surface area contributed by atoms with Gasteiger partial charge in [0.15, 0.2) is 0 Å². The summed E-state index contributed by atoms with van der Waals surface area (Å²) in [6, 6.07) is 0. The van der Waals surface area contributed by atoms with E-state index in [0.29, 0.717) is 6.42 Å². The molecule has 0 aromatic carbocycles. The number of hydrogen-bond donors (Lipinski definition) is 1. The van der Waals surface area contributed by atoms with Crippen molar-refractivity contribution in [3.8, 4) is 0 Å². The van der Waals surface area contributed by atoms with Crippen LogP contribution in [0.5, 0.6) is 0 Å². The molecule has 1 amide bonds. The van der Waals surface area contributed by atoms with Crippen LogP contribution in [0.1, 0.15) is 6.42 Å². The maximum absolute atomic E-state index is 11.0.